The molecule has 0 aliphatic carbocycles. The number of nitrogens with zero attached hydrogens (tertiary/aromatic N) is 3. The number of hydrogen-bond acceptors (Lipinski definition) is 3. The Morgan fingerprint density at radius 3 is 2.19 bits per heavy atom. The van der Waals surface area contributed by atoms with Gasteiger partial charge in [-0.3, -0.25) is 9.89 Å². The van der Waals surface area contributed by atoms with Crippen LogP contribution in [-0.2, 0) is 0 Å². The van der Waals surface area contributed by atoms with Crippen LogP contribution >= 0.6 is 24.0 Å². The number of likely N-dealkylation sites (N-methyl/N-ethyl adjacent to an activating group) is 1. The maximum Gasteiger partial charge on any atom is 0.191 e. The van der Waals surface area contributed by atoms with Crippen LogP contribution in [0.2, 0.25) is 0 Å². The molecule has 1 aliphatic heterocycles. The van der Waals surface area contributed by atoms with E-state index in [1.165, 1.54) is 52.0 Å². The Morgan fingerprint density at radius 2 is 1.65 bits per heavy atom. The summed E-state index contributed by atoms with van der Waals surface area (Å²) in [6.07, 6.45) is 3.79. The molecule has 2 N–H and O–H groups in total. The molecular formula is C20H44IN5. The van der Waals surface area contributed by atoms with E-state index in [4.69, 9.17) is 4.99 Å². The predicted octanol–water partition coefficient (Wildman–Crippen LogP) is 3.40. The van der Waals surface area contributed by atoms with Crippen LogP contribution in [0.5, 0.6) is 0 Å². The number of piperazine rings is 1. The number of aliphatic imine (C=N–C) groups is 1. The van der Waals surface area contributed by atoms with Gasteiger partial charge < -0.3 is 15.5 Å². The van der Waals surface area contributed by atoms with Crippen molar-refractivity contribution in [2.75, 3.05) is 45.8 Å². The second kappa shape index (κ2) is 14.9. The molecule has 0 aromatic carbocycles. The van der Waals surface area contributed by atoms with Crippen molar-refractivity contribution in [2.24, 2.45) is 10.9 Å². The van der Waals surface area contributed by atoms with Crippen molar-refractivity contribution in [3.8, 4) is 0 Å². The van der Waals surface area contributed by atoms with Crippen LogP contribution in [0.25, 0.3) is 0 Å². The Kier molecular flexibility index (Phi) is 14.9. The van der Waals surface area contributed by atoms with Crippen molar-refractivity contribution >= 4 is 29.9 Å². The normalized spacial score (nSPS) is 19.1. The fraction of sp³-hybridized carbons (Fsp3) is 0.950. The van der Waals surface area contributed by atoms with E-state index in [1.807, 2.05) is 0 Å². The molecule has 5 nitrogen and oxygen atoms in total. The van der Waals surface area contributed by atoms with Crippen molar-refractivity contribution in [2.45, 2.75) is 72.9 Å². The van der Waals surface area contributed by atoms with Crippen molar-refractivity contribution in [3.05, 3.63) is 0 Å². The molecule has 1 rings (SSSR count). The lowest BCUT2D eigenvalue weighted by molar-refractivity contribution is 0.109. The van der Waals surface area contributed by atoms with Crippen LogP contribution in [0.1, 0.15) is 60.8 Å². The SMILES string of the molecule is CCNC(=NCC(C)N1CCN(CC)CC1)NC(C)CCCC(C)C.I. The van der Waals surface area contributed by atoms with Gasteiger partial charge in [0.25, 0.3) is 0 Å². The largest absolute Gasteiger partial charge is 0.357 e. The molecule has 2 atom stereocenters. The smallest absolute Gasteiger partial charge is 0.191 e. The van der Waals surface area contributed by atoms with Gasteiger partial charge in [-0.2, -0.15) is 0 Å². The third kappa shape index (κ3) is 10.9. The highest BCUT2D eigenvalue weighted by Crippen LogP contribution is 2.09. The van der Waals surface area contributed by atoms with Gasteiger partial charge in [-0.25, -0.2) is 0 Å². The summed E-state index contributed by atoms with van der Waals surface area (Å²) in [6.45, 7) is 21.2. The molecule has 1 fully saturated rings. The van der Waals surface area contributed by atoms with E-state index in [2.05, 4.69) is 62.0 Å². The Labute approximate surface area is 179 Å². The second-order valence-corrected chi connectivity index (χ2v) is 7.91. The van der Waals surface area contributed by atoms with Crippen molar-refractivity contribution in [1.29, 1.82) is 0 Å². The average molecular weight is 482 g/mol. The molecule has 26 heavy (non-hydrogen) atoms. The Morgan fingerprint density at radius 1 is 1.00 bits per heavy atom. The molecule has 1 saturated heterocycles. The van der Waals surface area contributed by atoms with E-state index in [9.17, 15) is 0 Å². The molecule has 1 heterocycles. The third-order valence-corrected chi connectivity index (χ3v) is 5.14. The van der Waals surface area contributed by atoms with Crippen LogP contribution in [0, 0.1) is 5.92 Å². The van der Waals surface area contributed by atoms with Crippen LogP contribution in [0.4, 0.5) is 0 Å². The first-order valence-corrected chi connectivity index (χ1v) is 10.5. The molecule has 156 valence electrons. The van der Waals surface area contributed by atoms with Gasteiger partial charge in [-0.15, -0.1) is 24.0 Å². The maximum absolute atomic E-state index is 4.85. The first kappa shape index (κ1) is 25.9. The van der Waals surface area contributed by atoms with E-state index < -0.39 is 0 Å². The molecule has 0 bridgehead atoms. The standard InChI is InChI=1S/C20H43N5.HI/c1-7-21-20(23-18(5)11-9-10-17(3)4)22-16-19(6)25-14-12-24(8-2)13-15-25;/h17-19H,7-16H2,1-6H3,(H2,21,22,23);1H. The highest BCUT2D eigenvalue weighted by molar-refractivity contribution is 14.0. The molecule has 1 aliphatic rings. The third-order valence-electron chi connectivity index (χ3n) is 5.14. The van der Waals surface area contributed by atoms with Gasteiger partial charge in [0.15, 0.2) is 5.96 Å². The van der Waals surface area contributed by atoms with Crippen LogP contribution in [-0.4, -0.2) is 73.7 Å². The molecular weight excluding hydrogens is 437 g/mol. The summed E-state index contributed by atoms with van der Waals surface area (Å²) in [4.78, 5) is 9.95. The average Bonchev–Trinajstić information content (AvgIpc) is 2.59. The van der Waals surface area contributed by atoms with Gasteiger partial charge in [0, 0.05) is 44.8 Å². The van der Waals surface area contributed by atoms with E-state index in [1.54, 1.807) is 0 Å². The van der Waals surface area contributed by atoms with Crippen molar-refractivity contribution in [3.63, 3.8) is 0 Å². The van der Waals surface area contributed by atoms with Gasteiger partial charge in [0.1, 0.15) is 0 Å². The first-order chi connectivity index (χ1) is 12.0. The van der Waals surface area contributed by atoms with Crippen LogP contribution in [0.15, 0.2) is 4.99 Å². The fourth-order valence-electron chi connectivity index (χ4n) is 3.32. The summed E-state index contributed by atoms with van der Waals surface area (Å²) < 4.78 is 0. The zero-order valence-electron chi connectivity index (χ0n) is 18.1. The lowest BCUT2D eigenvalue weighted by Gasteiger charge is -2.37. The van der Waals surface area contributed by atoms with Gasteiger partial charge >= 0.3 is 0 Å². The van der Waals surface area contributed by atoms with Crippen molar-refractivity contribution < 1.29 is 0 Å². The highest BCUT2D eigenvalue weighted by atomic mass is 127. The van der Waals surface area contributed by atoms with Gasteiger partial charge in [0.2, 0.25) is 0 Å². The van der Waals surface area contributed by atoms with E-state index in [0.717, 1.165) is 25.0 Å². The minimum Gasteiger partial charge on any atom is -0.357 e. The molecule has 0 amide bonds. The van der Waals surface area contributed by atoms with Crippen LogP contribution < -0.4 is 10.6 Å². The lowest BCUT2D eigenvalue weighted by atomic mass is 10.0. The summed E-state index contributed by atoms with van der Waals surface area (Å²) in [5.41, 5.74) is 0. The summed E-state index contributed by atoms with van der Waals surface area (Å²) >= 11 is 0. The molecule has 0 saturated carbocycles. The minimum absolute atomic E-state index is 0. The number of halogens is 1. The summed E-state index contributed by atoms with van der Waals surface area (Å²) in [5.74, 6) is 1.77. The zero-order chi connectivity index (χ0) is 18.7. The van der Waals surface area contributed by atoms with E-state index >= 15 is 0 Å². The molecule has 0 aromatic heterocycles. The molecule has 6 heteroatoms. The summed E-state index contributed by atoms with van der Waals surface area (Å²) in [6, 6.07) is 0.977. The highest BCUT2D eigenvalue weighted by Gasteiger charge is 2.20. The van der Waals surface area contributed by atoms with Gasteiger partial charge in [-0.05, 0) is 39.7 Å². The fourth-order valence-corrected chi connectivity index (χ4v) is 3.32. The molecule has 0 radical (unpaired) electrons. The van der Waals surface area contributed by atoms with Gasteiger partial charge in [-0.1, -0.05) is 33.6 Å². The number of hydrogen-bond donors (Lipinski definition) is 2. The monoisotopic (exact) mass is 481 g/mol. The number of rotatable bonds is 10. The lowest BCUT2D eigenvalue weighted by Crippen LogP contribution is -2.50. The maximum atomic E-state index is 4.85. The second-order valence-electron chi connectivity index (χ2n) is 7.91. The first-order valence-electron chi connectivity index (χ1n) is 10.5. The minimum atomic E-state index is 0. The van der Waals surface area contributed by atoms with Crippen LogP contribution in [0.3, 0.4) is 0 Å². The number of guanidine groups is 1. The summed E-state index contributed by atoms with van der Waals surface area (Å²) in [7, 11) is 0. The van der Waals surface area contributed by atoms with Gasteiger partial charge in [0.05, 0.1) is 6.54 Å². The topological polar surface area (TPSA) is 42.9 Å². The van der Waals surface area contributed by atoms with E-state index in [0.29, 0.717) is 12.1 Å². The summed E-state index contributed by atoms with van der Waals surface area (Å²) in [5, 5.41) is 6.98. The predicted molar refractivity (Wildman–Crippen MR) is 126 cm³/mol. The molecule has 2 unspecified atom stereocenters. The molecule has 0 spiro atoms. The number of nitrogens with one attached hydrogen (secondary N) is 2. The zero-order valence-corrected chi connectivity index (χ0v) is 20.4. The Hall–Kier alpha value is -0.0800. The van der Waals surface area contributed by atoms with E-state index in [-0.39, 0.29) is 24.0 Å². The Bertz CT molecular complexity index is 367. The van der Waals surface area contributed by atoms with Crippen molar-refractivity contribution in [1.82, 2.24) is 20.4 Å². The quantitative estimate of drug-likeness (QED) is 0.285. The molecule has 0 aromatic rings. The Balaban J connectivity index is 0.00000625.